The maximum atomic E-state index is 14.1. The van der Waals surface area contributed by atoms with Crippen molar-refractivity contribution < 1.29 is 9.53 Å². The number of fused-ring (bicyclic) bond motifs is 1. The first-order valence-electron chi connectivity index (χ1n) is 14.8. The van der Waals surface area contributed by atoms with E-state index in [0.29, 0.717) is 34.4 Å². The summed E-state index contributed by atoms with van der Waals surface area (Å²) in [5.74, 6) is -0.0787. The van der Waals surface area contributed by atoms with Crippen molar-refractivity contribution in [3.8, 4) is 6.07 Å². The van der Waals surface area contributed by atoms with E-state index >= 15 is 0 Å². The van der Waals surface area contributed by atoms with Crippen molar-refractivity contribution in [3.05, 3.63) is 87.8 Å². The van der Waals surface area contributed by atoms with Crippen LogP contribution in [0.1, 0.15) is 18.1 Å². The lowest BCUT2D eigenvalue weighted by Crippen LogP contribution is -2.39. The molecule has 0 aliphatic carbocycles. The van der Waals surface area contributed by atoms with E-state index in [9.17, 15) is 10.1 Å². The summed E-state index contributed by atoms with van der Waals surface area (Å²) in [5, 5.41) is 17.9. The molecule has 44 heavy (non-hydrogen) atoms. The Morgan fingerprint density at radius 3 is 2.61 bits per heavy atom. The monoisotopic (exact) mass is 625 g/mol. The van der Waals surface area contributed by atoms with Gasteiger partial charge in [-0.25, -0.2) is 4.99 Å². The fourth-order valence-corrected chi connectivity index (χ4v) is 7.62. The Balaban J connectivity index is 1.28. The Morgan fingerprint density at radius 2 is 1.84 bits per heavy atom. The number of nitrogens with one attached hydrogen (secondary N) is 2. The van der Waals surface area contributed by atoms with Gasteiger partial charge in [-0.1, -0.05) is 42.1 Å². The number of anilines is 3. The zero-order chi connectivity index (χ0) is 30.5. The summed E-state index contributed by atoms with van der Waals surface area (Å²) in [4.78, 5) is 27.1. The number of benzene rings is 3. The maximum absolute atomic E-state index is 14.1. The van der Waals surface area contributed by atoms with Crippen molar-refractivity contribution in [1.29, 1.82) is 5.26 Å². The largest absolute Gasteiger partial charge is 0.384 e. The molecule has 9 nitrogen and oxygen atoms in total. The SMILES string of the molecule is CCNc1ccc(C#N)cc1N=C1S/C(=C2\Sc3ccc(NCCN4CCOCC4)cc3N2C)C(=O)N1Cc1ccccc1. The Kier molecular flexibility index (Phi) is 9.43. The molecule has 3 aromatic carbocycles. The molecule has 3 heterocycles. The van der Waals surface area contributed by atoms with E-state index in [2.05, 4.69) is 44.7 Å². The van der Waals surface area contributed by atoms with E-state index in [1.165, 1.54) is 11.8 Å². The Hall–Kier alpha value is -3.95. The molecule has 3 aromatic rings. The van der Waals surface area contributed by atoms with Gasteiger partial charge in [0.25, 0.3) is 5.91 Å². The van der Waals surface area contributed by atoms with Crippen LogP contribution in [-0.2, 0) is 16.1 Å². The summed E-state index contributed by atoms with van der Waals surface area (Å²) in [6, 6.07) is 24.0. The number of ether oxygens (including phenoxy) is 1. The molecule has 0 atom stereocenters. The van der Waals surface area contributed by atoms with Gasteiger partial charge in [-0.05, 0) is 60.6 Å². The van der Waals surface area contributed by atoms with Gasteiger partial charge in [0, 0.05) is 50.4 Å². The third-order valence-corrected chi connectivity index (χ3v) is 10.1. The van der Waals surface area contributed by atoms with Crippen LogP contribution in [0.25, 0.3) is 0 Å². The molecular formula is C33H35N7O2S2. The van der Waals surface area contributed by atoms with Crippen LogP contribution in [0.4, 0.5) is 22.7 Å². The molecule has 0 spiro atoms. The Morgan fingerprint density at radius 1 is 1.02 bits per heavy atom. The molecule has 0 unspecified atom stereocenters. The van der Waals surface area contributed by atoms with Gasteiger partial charge in [-0.3, -0.25) is 14.6 Å². The molecule has 2 saturated heterocycles. The number of carbonyl (C=O) groups is 1. The molecule has 3 aliphatic heterocycles. The number of nitrogens with zero attached hydrogens (tertiary/aromatic N) is 5. The van der Waals surface area contributed by atoms with Gasteiger partial charge < -0.3 is 20.3 Å². The predicted molar refractivity (Wildman–Crippen MR) is 180 cm³/mol. The third-order valence-electron chi connectivity index (χ3n) is 7.64. The summed E-state index contributed by atoms with van der Waals surface area (Å²) in [6.45, 7) is 8.49. The summed E-state index contributed by atoms with van der Waals surface area (Å²) < 4.78 is 5.46. The minimum absolute atomic E-state index is 0.0787. The zero-order valence-corrected chi connectivity index (χ0v) is 26.5. The fraction of sp³-hybridized carbons (Fsp3) is 0.303. The second-order valence-electron chi connectivity index (χ2n) is 10.6. The highest BCUT2D eigenvalue weighted by Gasteiger charge is 2.39. The minimum atomic E-state index is -0.0787. The Bertz CT molecular complexity index is 1630. The molecule has 0 saturated carbocycles. The van der Waals surface area contributed by atoms with Crippen LogP contribution in [0, 0.1) is 11.3 Å². The highest BCUT2D eigenvalue weighted by atomic mass is 32.2. The number of aliphatic imine (C=N–C) groups is 1. The van der Waals surface area contributed by atoms with Crippen molar-refractivity contribution in [2.24, 2.45) is 4.99 Å². The van der Waals surface area contributed by atoms with Gasteiger partial charge in [0.05, 0.1) is 53.5 Å². The van der Waals surface area contributed by atoms with Crippen LogP contribution in [0.2, 0.25) is 0 Å². The van der Waals surface area contributed by atoms with Crippen molar-refractivity contribution in [2.75, 3.05) is 68.5 Å². The lowest BCUT2D eigenvalue weighted by atomic mass is 10.2. The molecule has 0 bridgehead atoms. The number of hydrogen-bond acceptors (Lipinski definition) is 10. The predicted octanol–water partition coefficient (Wildman–Crippen LogP) is 5.91. The van der Waals surface area contributed by atoms with Crippen LogP contribution in [-0.4, -0.2) is 73.9 Å². The number of rotatable bonds is 9. The number of amides is 1. The smallest absolute Gasteiger partial charge is 0.269 e. The second kappa shape index (κ2) is 13.8. The van der Waals surface area contributed by atoms with Crippen molar-refractivity contribution in [1.82, 2.24) is 9.80 Å². The molecule has 1 amide bonds. The minimum Gasteiger partial charge on any atom is -0.384 e. The average Bonchev–Trinajstić information content (AvgIpc) is 3.54. The normalized spacial score (nSPS) is 19.4. The van der Waals surface area contributed by atoms with Gasteiger partial charge in [-0.2, -0.15) is 5.26 Å². The summed E-state index contributed by atoms with van der Waals surface area (Å²) in [7, 11) is 2.02. The van der Waals surface area contributed by atoms with E-state index < -0.39 is 0 Å². The summed E-state index contributed by atoms with van der Waals surface area (Å²) in [6.07, 6.45) is 0. The summed E-state index contributed by atoms with van der Waals surface area (Å²) >= 11 is 3.00. The van der Waals surface area contributed by atoms with Crippen molar-refractivity contribution >= 4 is 57.3 Å². The van der Waals surface area contributed by atoms with E-state index in [-0.39, 0.29) is 5.91 Å². The lowest BCUT2D eigenvalue weighted by molar-refractivity contribution is -0.122. The highest BCUT2D eigenvalue weighted by Crippen LogP contribution is 2.51. The molecule has 11 heteroatoms. The van der Waals surface area contributed by atoms with Crippen LogP contribution >= 0.6 is 23.5 Å². The van der Waals surface area contributed by atoms with Gasteiger partial charge in [0.1, 0.15) is 4.91 Å². The quantitative estimate of drug-likeness (QED) is 0.282. The van der Waals surface area contributed by atoms with Crippen molar-refractivity contribution in [3.63, 3.8) is 0 Å². The number of thioether (sulfide) groups is 2. The third kappa shape index (κ3) is 6.59. The van der Waals surface area contributed by atoms with E-state index in [4.69, 9.17) is 9.73 Å². The van der Waals surface area contributed by atoms with E-state index in [0.717, 1.165) is 71.9 Å². The van der Waals surface area contributed by atoms with Gasteiger partial charge >= 0.3 is 0 Å². The standard InChI is InChI=1S/C33H35N7O2S2/c1-3-35-26-11-9-24(21-34)19-27(26)37-33-40(22-23-7-5-4-6-8-23)31(41)30(44-33)32-38(2)28-20-25(10-12-29(28)43-32)36-13-14-39-15-17-42-18-16-39/h4-12,19-20,35-36H,3,13-18,22H2,1-2H3/b32-30-,37-33?. The van der Waals surface area contributed by atoms with Crippen LogP contribution in [0.15, 0.2) is 86.6 Å². The fourth-order valence-electron chi connectivity index (χ4n) is 5.30. The molecule has 2 fully saturated rings. The van der Waals surface area contributed by atoms with Gasteiger partial charge in [0.2, 0.25) is 0 Å². The first-order valence-corrected chi connectivity index (χ1v) is 16.4. The maximum Gasteiger partial charge on any atom is 0.269 e. The lowest BCUT2D eigenvalue weighted by Gasteiger charge is -2.26. The Labute approximate surface area is 267 Å². The number of carbonyl (C=O) groups excluding carboxylic acids is 1. The average molecular weight is 626 g/mol. The molecule has 2 N–H and O–H groups in total. The summed E-state index contributed by atoms with van der Waals surface area (Å²) in [5.41, 5.74) is 5.11. The molecule has 6 rings (SSSR count). The number of amidine groups is 1. The van der Waals surface area contributed by atoms with Crippen LogP contribution < -0.4 is 15.5 Å². The molecule has 226 valence electrons. The van der Waals surface area contributed by atoms with Crippen LogP contribution in [0.5, 0.6) is 0 Å². The highest BCUT2D eigenvalue weighted by molar-refractivity contribution is 8.19. The van der Waals surface area contributed by atoms with Crippen molar-refractivity contribution in [2.45, 2.75) is 18.4 Å². The molecule has 0 radical (unpaired) electrons. The number of hydrogen-bond donors (Lipinski definition) is 2. The topological polar surface area (TPSA) is 96.2 Å². The molecule has 3 aliphatic rings. The van der Waals surface area contributed by atoms with E-state index in [1.54, 1.807) is 28.8 Å². The van der Waals surface area contributed by atoms with E-state index in [1.807, 2.05) is 50.4 Å². The first-order chi connectivity index (χ1) is 21.5. The zero-order valence-electron chi connectivity index (χ0n) is 24.9. The van der Waals surface area contributed by atoms with Gasteiger partial charge in [0.15, 0.2) is 5.17 Å². The second-order valence-corrected chi connectivity index (χ2v) is 12.6. The number of nitriles is 1. The molecular weight excluding hydrogens is 591 g/mol. The van der Waals surface area contributed by atoms with Crippen LogP contribution in [0.3, 0.4) is 0 Å². The molecule has 0 aromatic heterocycles. The number of morpholine rings is 1. The first kappa shape index (κ1) is 30.1. The van der Waals surface area contributed by atoms with Gasteiger partial charge in [-0.15, -0.1) is 0 Å².